The lowest BCUT2D eigenvalue weighted by atomic mass is 9.96. The minimum atomic E-state index is -0.581. The maximum absolute atomic E-state index is 12.3. The Balaban J connectivity index is 1.18. The molecule has 6 rings (SSSR count). The topological polar surface area (TPSA) is 44.8 Å². The first-order valence-corrected chi connectivity index (χ1v) is 16.4. The second kappa shape index (κ2) is 15.2. The number of rotatable bonds is 14. The standard InChI is InChI=1S/C42H42O4/c1-3-44-40(42(43)45-4-2)29-33-17-15-30(16-18-33)23-24-46-41-36-21-19-34(25-31-11-7-5-8-12-31)27-38(36)39-28-35(20-22-37(39)41)26-32-13-9-6-10-14-32/h5-22,27-28,40-41H,3-4,23-26,29H2,1-2H3. The van der Waals surface area contributed by atoms with Crippen LogP contribution in [-0.2, 0) is 44.7 Å². The van der Waals surface area contributed by atoms with Crippen LogP contribution in [0.2, 0.25) is 0 Å². The molecule has 0 spiro atoms. The van der Waals surface area contributed by atoms with Crippen LogP contribution < -0.4 is 0 Å². The van der Waals surface area contributed by atoms with Gasteiger partial charge in [-0.05, 0) is 88.7 Å². The highest BCUT2D eigenvalue weighted by molar-refractivity contribution is 5.79. The second-order valence-electron chi connectivity index (χ2n) is 11.9. The van der Waals surface area contributed by atoms with Crippen molar-refractivity contribution in [3.63, 3.8) is 0 Å². The molecule has 0 radical (unpaired) electrons. The van der Waals surface area contributed by atoms with Gasteiger partial charge < -0.3 is 14.2 Å². The van der Waals surface area contributed by atoms with Gasteiger partial charge in [0.2, 0.25) is 0 Å². The molecular weight excluding hydrogens is 568 g/mol. The molecule has 4 nitrogen and oxygen atoms in total. The molecule has 0 fully saturated rings. The van der Waals surface area contributed by atoms with Gasteiger partial charge >= 0.3 is 5.97 Å². The van der Waals surface area contributed by atoms with E-state index in [1.54, 1.807) is 0 Å². The Hall–Kier alpha value is -4.51. The number of hydrogen-bond donors (Lipinski definition) is 0. The summed E-state index contributed by atoms with van der Waals surface area (Å²) < 4.78 is 17.5. The van der Waals surface area contributed by atoms with Crippen LogP contribution in [0.15, 0.2) is 121 Å². The van der Waals surface area contributed by atoms with E-state index in [1.165, 1.54) is 50.1 Å². The lowest BCUT2D eigenvalue weighted by Gasteiger charge is -2.17. The van der Waals surface area contributed by atoms with Gasteiger partial charge in [-0.25, -0.2) is 4.79 Å². The molecule has 0 aliphatic heterocycles. The minimum Gasteiger partial charge on any atom is -0.464 e. The third-order valence-corrected chi connectivity index (χ3v) is 8.63. The largest absolute Gasteiger partial charge is 0.464 e. The fourth-order valence-electron chi connectivity index (χ4n) is 6.36. The summed E-state index contributed by atoms with van der Waals surface area (Å²) in [7, 11) is 0. The van der Waals surface area contributed by atoms with Crippen molar-refractivity contribution in [1.82, 2.24) is 0 Å². The highest BCUT2D eigenvalue weighted by atomic mass is 16.6. The molecule has 0 heterocycles. The molecule has 0 amide bonds. The van der Waals surface area contributed by atoms with E-state index in [2.05, 4.69) is 121 Å². The molecule has 0 saturated heterocycles. The van der Waals surface area contributed by atoms with Crippen LogP contribution in [0.5, 0.6) is 0 Å². The molecule has 46 heavy (non-hydrogen) atoms. The molecule has 234 valence electrons. The maximum atomic E-state index is 12.3. The van der Waals surface area contributed by atoms with Gasteiger partial charge in [0.05, 0.1) is 13.2 Å². The zero-order chi connectivity index (χ0) is 31.7. The van der Waals surface area contributed by atoms with Crippen LogP contribution >= 0.6 is 0 Å². The molecule has 1 unspecified atom stereocenters. The van der Waals surface area contributed by atoms with E-state index in [1.807, 2.05) is 13.8 Å². The first-order chi connectivity index (χ1) is 22.6. The quantitative estimate of drug-likeness (QED) is 0.118. The van der Waals surface area contributed by atoms with Crippen LogP contribution in [0.25, 0.3) is 11.1 Å². The lowest BCUT2D eigenvalue weighted by Crippen LogP contribution is -2.29. The van der Waals surface area contributed by atoms with E-state index in [0.29, 0.717) is 26.2 Å². The second-order valence-corrected chi connectivity index (χ2v) is 11.9. The van der Waals surface area contributed by atoms with E-state index >= 15 is 0 Å². The van der Waals surface area contributed by atoms with Crippen LogP contribution in [0, 0.1) is 0 Å². The fourth-order valence-corrected chi connectivity index (χ4v) is 6.36. The molecule has 0 saturated carbocycles. The average Bonchev–Trinajstić information content (AvgIpc) is 3.38. The smallest absolute Gasteiger partial charge is 0.335 e. The molecule has 1 aliphatic carbocycles. The molecule has 5 aromatic carbocycles. The summed E-state index contributed by atoms with van der Waals surface area (Å²) in [5.41, 5.74) is 12.5. The Kier molecular flexibility index (Phi) is 10.4. The number of ether oxygens (including phenoxy) is 3. The van der Waals surface area contributed by atoms with Gasteiger partial charge in [0.15, 0.2) is 6.10 Å². The lowest BCUT2D eigenvalue weighted by molar-refractivity contribution is -0.156. The van der Waals surface area contributed by atoms with Gasteiger partial charge in [0.1, 0.15) is 6.10 Å². The third kappa shape index (κ3) is 7.64. The van der Waals surface area contributed by atoms with Crippen molar-refractivity contribution < 1.29 is 19.0 Å². The average molecular weight is 611 g/mol. The van der Waals surface area contributed by atoms with Crippen molar-refractivity contribution in [3.05, 3.63) is 166 Å². The van der Waals surface area contributed by atoms with Gasteiger partial charge in [-0.2, -0.15) is 0 Å². The molecule has 0 bridgehead atoms. The van der Waals surface area contributed by atoms with Crippen molar-refractivity contribution in [3.8, 4) is 11.1 Å². The zero-order valence-electron chi connectivity index (χ0n) is 26.8. The monoisotopic (exact) mass is 610 g/mol. The molecule has 1 atom stereocenters. The number of carbonyl (C=O) groups is 1. The predicted octanol–water partition coefficient (Wildman–Crippen LogP) is 8.71. The SMILES string of the molecule is CCOC(=O)C(Cc1ccc(CCOC2c3ccc(Cc4ccccc4)cc3-c3cc(Cc4ccccc4)ccc32)cc1)OCC. The Morgan fingerprint density at radius 1 is 0.609 bits per heavy atom. The van der Waals surface area contributed by atoms with Crippen LogP contribution in [-0.4, -0.2) is 31.9 Å². The van der Waals surface area contributed by atoms with E-state index in [0.717, 1.165) is 24.8 Å². The zero-order valence-corrected chi connectivity index (χ0v) is 26.8. The molecule has 0 N–H and O–H groups in total. The van der Waals surface area contributed by atoms with E-state index in [-0.39, 0.29) is 12.1 Å². The van der Waals surface area contributed by atoms with Crippen molar-refractivity contribution in [2.75, 3.05) is 19.8 Å². The summed E-state index contributed by atoms with van der Waals surface area (Å²) in [5.74, 6) is -0.307. The van der Waals surface area contributed by atoms with Crippen LogP contribution in [0.4, 0.5) is 0 Å². The summed E-state index contributed by atoms with van der Waals surface area (Å²) in [6.07, 6.45) is 2.42. The molecule has 5 aromatic rings. The fraction of sp³-hybridized carbons (Fsp3) is 0.262. The van der Waals surface area contributed by atoms with E-state index in [9.17, 15) is 4.79 Å². The highest BCUT2D eigenvalue weighted by Gasteiger charge is 2.30. The molecule has 0 aromatic heterocycles. The first-order valence-electron chi connectivity index (χ1n) is 16.4. The minimum absolute atomic E-state index is 0.0997. The van der Waals surface area contributed by atoms with Crippen molar-refractivity contribution >= 4 is 5.97 Å². The maximum Gasteiger partial charge on any atom is 0.335 e. The highest BCUT2D eigenvalue weighted by Crippen LogP contribution is 2.46. The number of carbonyl (C=O) groups excluding carboxylic acids is 1. The van der Waals surface area contributed by atoms with Crippen molar-refractivity contribution in [2.45, 2.75) is 51.7 Å². The third-order valence-electron chi connectivity index (χ3n) is 8.63. The normalized spacial score (nSPS) is 12.8. The first kappa shape index (κ1) is 31.5. The summed E-state index contributed by atoms with van der Waals surface area (Å²) in [4.78, 5) is 12.3. The number of fused-ring (bicyclic) bond motifs is 3. The molecule has 1 aliphatic rings. The summed E-state index contributed by atoms with van der Waals surface area (Å²) in [5, 5.41) is 0. The Bertz CT molecular complexity index is 1640. The molecule has 4 heteroatoms. The summed E-state index contributed by atoms with van der Waals surface area (Å²) in [6.45, 7) is 5.12. The number of benzene rings is 5. The molecular formula is C42H42O4. The summed E-state index contributed by atoms with van der Waals surface area (Å²) >= 11 is 0. The van der Waals surface area contributed by atoms with E-state index < -0.39 is 6.10 Å². The Morgan fingerprint density at radius 3 is 1.65 bits per heavy atom. The number of hydrogen-bond acceptors (Lipinski definition) is 4. The Morgan fingerprint density at radius 2 is 1.13 bits per heavy atom. The summed E-state index contributed by atoms with van der Waals surface area (Å²) in [6, 6.07) is 43.5. The van der Waals surface area contributed by atoms with Crippen molar-refractivity contribution in [1.29, 1.82) is 0 Å². The van der Waals surface area contributed by atoms with Crippen molar-refractivity contribution in [2.24, 2.45) is 0 Å². The van der Waals surface area contributed by atoms with Gasteiger partial charge in [-0.3, -0.25) is 0 Å². The van der Waals surface area contributed by atoms with Gasteiger partial charge in [-0.15, -0.1) is 0 Å². The predicted molar refractivity (Wildman–Crippen MR) is 184 cm³/mol. The van der Waals surface area contributed by atoms with Crippen LogP contribution in [0.3, 0.4) is 0 Å². The van der Waals surface area contributed by atoms with Crippen LogP contribution in [0.1, 0.15) is 64.5 Å². The van der Waals surface area contributed by atoms with Gasteiger partial charge in [0, 0.05) is 13.0 Å². The van der Waals surface area contributed by atoms with E-state index in [4.69, 9.17) is 14.2 Å². The van der Waals surface area contributed by atoms with Gasteiger partial charge in [0.25, 0.3) is 0 Å². The van der Waals surface area contributed by atoms with Gasteiger partial charge in [-0.1, -0.05) is 121 Å². The number of esters is 1. The Labute approximate surface area is 273 Å².